The monoisotopic (exact) mass is 260 g/mol. The number of aryl methyl sites for hydroxylation is 1. The number of hydrogen-bond donors (Lipinski definition) is 1. The van der Waals surface area contributed by atoms with Crippen molar-refractivity contribution in [2.45, 2.75) is 38.6 Å². The molecule has 2 aromatic rings. The number of hydrogen-bond acceptors (Lipinski definition) is 2. The molecule has 19 heavy (non-hydrogen) atoms. The number of nitrogens with one attached hydrogen (secondary N) is 1. The molecule has 1 N–H and O–H groups in total. The lowest BCUT2D eigenvalue weighted by atomic mass is 9.87. The molecular weight excluding hydrogens is 240 g/mol. The van der Waals surface area contributed by atoms with Gasteiger partial charge in [-0.3, -0.25) is 4.79 Å². The lowest BCUT2D eigenvalue weighted by molar-refractivity contribution is 0.0915. The molecule has 2 aromatic heterocycles. The van der Waals surface area contributed by atoms with E-state index in [4.69, 9.17) is 4.42 Å². The Morgan fingerprint density at radius 3 is 2.79 bits per heavy atom. The standard InChI is InChI=1S/C15H20N2O2/c1-10-3-5-11(6-4-10)16-15(18)13-9-14-12(17(13)2)7-8-19-14/h7-11H,3-6H2,1-2H3,(H,16,18). The smallest absolute Gasteiger partial charge is 0.268 e. The van der Waals surface area contributed by atoms with E-state index in [0.717, 1.165) is 29.9 Å². The third kappa shape index (κ3) is 2.27. The molecule has 4 nitrogen and oxygen atoms in total. The van der Waals surface area contributed by atoms with Crippen molar-refractivity contribution in [2.24, 2.45) is 13.0 Å². The average Bonchev–Trinajstić information content (AvgIpc) is 2.96. The molecule has 0 saturated heterocycles. The van der Waals surface area contributed by atoms with Crippen LogP contribution in [0.2, 0.25) is 0 Å². The molecule has 1 aliphatic rings. The van der Waals surface area contributed by atoms with Crippen LogP contribution in [0.4, 0.5) is 0 Å². The predicted molar refractivity (Wildman–Crippen MR) is 74.1 cm³/mol. The highest BCUT2D eigenvalue weighted by Crippen LogP contribution is 2.24. The number of nitrogens with zero attached hydrogens (tertiary/aromatic N) is 1. The zero-order chi connectivity index (χ0) is 13.4. The molecule has 0 unspecified atom stereocenters. The molecule has 102 valence electrons. The summed E-state index contributed by atoms with van der Waals surface area (Å²) in [5, 5.41) is 3.15. The Morgan fingerprint density at radius 1 is 1.37 bits per heavy atom. The highest BCUT2D eigenvalue weighted by Gasteiger charge is 2.22. The fourth-order valence-corrected chi connectivity index (χ4v) is 2.93. The van der Waals surface area contributed by atoms with Crippen LogP contribution >= 0.6 is 0 Å². The average molecular weight is 260 g/mol. The molecular formula is C15H20N2O2. The van der Waals surface area contributed by atoms with E-state index < -0.39 is 0 Å². The maximum Gasteiger partial charge on any atom is 0.268 e. The van der Waals surface area contributed by atoms with Crippen molar-refractivity contribution in [3.8, 4) is 0 Å². The van der Waals surface area contributed by atoms with Gasteiger partial charge in [0.25, 0.3) is 5.91 Å². The van der Waals surface area contributed by atoms with E-state index in [0.29, 0.717) is 11.7 Å². The van der Waals surface area contributed by atoms with Gasteiger partial charge in [0.15, 0.2) is 5.58 Å². The van der Waals surface area contributed by atoms with E-state index in [2.05, 4.69) is 12.2 Å². The van der Waals surface area contributed by atoms with Crippen LogP contribution in [0.15, 0.2) is 22.8 Å². The van der Waals surface area contributed by atoms with Crippen molar-refractivity contribution < 1.29 is 9.21 Å². The van der Waals surface area contributed by atoms with Gasteiger partial charge in [0.2, 0.25) is 0 Å². The summed E-state index contributed by atoms with van der Waals surface area (Å²) in [6, 6.07) is 4.02. The molecule has 2 heterocycles. The third-order valence-electron chi connectivity index (χ3n) is 4.25. The summed E-state index contributed by atoms with van der Waals surface area (Å²) >= 11 is 0. The summed E-state index contributed by atoms with van der Waals surface area (Å²) in [5.41, 5.74) is 2.40. The summed E-state index contributed by atoms with van der Waals surface area (Å²) in [4.78, 5) is 12.3. The second kappa shape index (κ2) is 4.76. The highest BCUT2D eigenvalue weighted by molar-refractivity contribution is 5.97. The third-order valence-corrected chi connectivity index (χ3v) is 4.25. The maximum absolute atomic E-state index is 12.3. The van der Waals surface area contributed by atoms with Gasteiger partial charge in [-0.05, 0) is 31.6 Å². The molecule has 0 radical (unpaired) electrons. The molecule has 0 atom stereocenters. The zero-order valence-electron chi connectivity index (χ0n) is 11.5. The Bertz CT molecular complexity index is 588. The van der Waals surface area contributed by atoms with Gasteiger partial charge in [0, 0.05) is 25.2 Å². The molecule has 1 amide bonds. The number of furan rings is 1. The maximum atomic E-state index is 12.3. The van der Waals surface area contributed by atoms with Crippen LogP contribution < -0.4 is 5.32 Å². The Labute approximate surface area is 112 Å². The van der Waals surface area contributed by atoms with Crippen LogP contribution in [0.25, 0.3) is 11.1 Å². The zero-order valence-corrected chi connectivity index (χ0v) is 11.5. The number of carbonyl (C=O) groups is 1. The van der Waals surface area contributed by atoms with Gasteiger partial charge in [0.05, 0.1) is 11.8 Å². The molecule has 4 heteroatoms. The first-order valence-electron chi connectivity index (χ1n) is 6.99. The number of rotatable bonds is 2. The number of fused-ring (bicyclic) bond motifs is 1. The van der Waals surface area contributed by atoms with Gasteiger partial charge in [-0.2, -0.15) is 0 Å². The summed E-state index contributed by atoms with van der Waals surface area (Å²) in [5.74, 6) is 0.805. The van der Waals surface area contributed by atoms with Crippen molar-refractivity contribution in [3.05, 3.63) is 24.1 Å². The largest absolute Gasteiger partial charge is 0.463 e. The van der Waals surface area contributed by atoms with Crippen molar-refractivity contribution in [3.63, 3.8) is 0 Å². The summed E-state index contributed by atoms with van der Waals surface area (Å²) in [6.45, 7) is 2.28. The van der Waals surface area contributed by atoms with E-state index in [9.17, 15) is 4.79 Å². The van der Waals surface area contributed by atoms with Crippen molar-refractivity contribution >= 4 is 17.0 Å². The van der Waals surface area contributed by atoms with Crippen LogP contribution in [0.1, 0.15) is 43.1 Å². The van der Waals surface area contributed by atoms with Crippen LogP contribution in [-0.4, -0.2) is 16.5 Å². The first-order valence-corrected chi connectivity index (χ1v) is 6.99. The minimum Gasteiger partial charge on any atom is -0.463 e. The molecule has 0 bridgehead atoms. The van der Waals surface area contributed by atoms with Gasteiger partial charge in [-0.1, -0.05) is 6.92 Å². The van der Waals surface area contributed by atoms with E-state index in [1.54, 1.807) is 6.26 Å². The lowest BCUT2D eigenvalue weighted by Gasteiger charge is -2.26. The van der Waals surface area contributed by atoms with E-state index in [-0.39, 0.29) is 5.91 Å². The van der Waals surface area contributed by atoms with E-state index >= 15 is 0 Å². The first kappa shape index (κ1) is 12.3. The normalized spacial score (nSPS) is 23.7. The van der Waals surface area contributed by atoms with Gasteiger partial charge in [-0.25, -0.2) is 0 Å². The Hall–Kier alpha value is -1.71. The van der Waals surface area contributed by atoms with Gasteiger partial charge >= 0.3 is 0 Å². The predicted octanol–water partition coefficient (Wildman–Crippen LogP) is 3.08. The number of carbonyl (C=O) groups excluding carboxylic acids is 1. The first-order chi connectivity index (χ1) is 9.15. The fraction of sp³-hybridized carbons (Fsp3) is 0.533. The quantitative estimate of drug-likeness (QED) is 0.902. The van der Waals surface area contributed by atoms with Gasteiger partial charge < -0.3 is 14.3 Å². The van der Waals surface area contributed by atoms with Gasteiger partial charge in [-0.15, -0.1) is 0 Å². The fourth-order valence-electron chi connectivity index (χ4n) is 2.93. The van der Waals surface area contributed by atoms with E-state index in [1.807, 2.05) is 23.7 Å². The second-order valence-electron chi connectivity index (χ2n) is 5.69. The number of amides is 1. The number of aromatic nitrogens is 1. The van der Waals surface area contributed by atoms with Crippen molar-refractivity contribution in [2.75, 3.05) is 0 Å². The van der Waals surface area contributed by atoms with E-state index in [1.165, 1.54) is 12.8 Å². The van der Waals surface area contributed by atoms with Crippen molar-refractivity contribution in [1.29, 1.82) is 0 Å². The molecule has 1 fully saturated rings. The molecule has 1 saturated carbocycles. The van der Waals surface area contributed by atoms with Crippen LogP contribution in [0.3, 0.4) is 0 Å². The van der Waals surface area contributed by atoms with Crippen molar-refractivity contribution in [1.82, 2.24) is 9.88 Å². The molecule has 3 rings (SSSR count). The molecule has 0 aromatic carbocycles. The summed E-state index contributed by atoms with van der Waals surface area (Å²) in [6.07, 6.45) is 6.25. The van der Waals surface area contributed by atoms with Crippen LogP contribution in [-0.2, 0) is 7.05 Å². The van der Waals surface area contributed by atoms with Gasteiger partial charge in [0.1, 0.15) is 5.69 Å². The van der Waals surface area contributed by atoms with Crippen LogP contribution in [0.5, 0.6) is 0 Å². The molecule has 0 spiro atoms. The Kier molecular flexibility index (Phi) is 3.09. The minimum atomic E-state index is 0.00783. The lowest BCUT2D eigenvalue weighted by Crippen LogP contribution is -2.38. The van der Waals surface area contributed by atoms with Crippen LogP contribution in [0, 0.1) is 5.92 Å². The highest BCUT2D eigenvalue weighted by atomic mass is 16.3. The molecule has 0 aliphatic heterocycles. The second-order valence-corrected chi connectivity index (χ2v) is 5.69. The molecule has 1 aliphatic carbocycles. The summed E-state index contributed by atoms with van der Waals surface area (Å²) < 4.78 is 7.22. The topological polar surface area (TPSA) is 47.2 Å². The summed E-state index contributed by atoms with van der Waals surface area (Å²) in [7, 11) is 1.90. The Balaban J connectivity index is 1.73. The minimum absolute atomic E-state index is 0.00783. The SMILES string of the molecule is CC1CCC(NC(=O)c2cc3occc3n2C)CC1. The Morgan fingerprint density at radius 2 is 2.11 bits per heavy atom.